The average molecular weight is 530 g/mol. The Morgan fingerprint density at radius 2 is 1.94 bits per heavy atom. The van der Waals surface area contributed by atoms with Gasteiger partial charge in [0, 0.05) is 19.5 Å². The number of unbranched alkanes of at least 4 members (excludes halogenated alkanes) is 1. The second-order valence-corrected chi connectivity index (χ2v) is 9.04. The van der Waals surface area contributed by atoms with Crippen molar-refractivity contribution in [2.45, 2.75) is 25.4 Å². The molecule has 3 aromatic rings. The van der Waals surface area contributed by atoms with Crippen LogP contribution < -0.4 is 42.0 Å². The number of hydrogen-bond donors (Lipinski definition) is 1. The van der Waals surface area contributed by atoms with Crippen molar-refractivity contribution in [1.82, 2.24) is 0 Å². The summed E-state index contributed by atoms with van der Waals surface area (Å²) >= 11 is 1.62. The summed E-state index contributed by atoms with van der Waals surface area (Å²) in [5.41, 5.74) is 5.77. The van der Waals surface area contributed by atoms with E-state index in [1.54, 1.807) is 11.8 Å². The highest BCUT2D eigenvalue weighted by Crippen LogP contribution is 2.38. The summed E-state index contributed by atoms with van der Waals surface area (Å²) in [6, 6.07) is 17.9. The predicted molar refractivity (Wildman–Crippen MR) is 126 cm³/mol. The van der Waals surface area contributed by atoms with Crippen LogP contribution in [0.5, 0.6) is 5.75 Å². The molecule has 0 bridgehead atoms. The molecule has 4 rings (SSSR count). The third kappa shape index (κ3) is 5.88. The molecule has 2 heterocycles. The number of carboxylic acids is 1. The number of rotatable bonds is 9. The first kappa shape index (κ1) is 25.1. The molecule has 1 aliphatic rings. The molecule has 174 valence electrons. The van der Waals surface area contributed by atoms with Crippen molar-refractivity contribution in [3.63, 3.8) is 0 Å². The summed E-state index contributed by atoms with van der Waals surface area (Å²) in [5.74, 6) is 1.99. The molecule has 1 aliphatic heterocycles. The minimum absolute atomic E-state index is 0. The third-order valence-corrected chi connectivity index (χ3v) is 6.82. The number of pyridine rings is 1. The Morgan fingerprint density at radius 3 is 2.73 bits per heavy atom. The minimum Gasteiger partial charge on any atom is -1.00 e. The monoisotopic (exact) mass is 529 g/mol. The van der Waals surface area contributed by atoms with Crippen LogP contribution in [0.2, 0.25) is 0 Å². The molecular weight excluding hydrogens is 502 g/mol. The molecule has 0 amide bonds. The maximum atomic E-state index is 10.8. The van der Waals surface area contributed by atoms with E-state index >= 15 is 0 Å². The number of aromatic nitrogens is 1. The lowest BCUT2D eigenvalue weighted by molar-refractivity contribution is -0.697. The number of thioether (sulfide) groups is 1. The smallest absolute Gasteiger partial charge is 0.218 e. The number of carbonyl (C=O) groups excluding carboxylic acids is 1. The largest absolute Gasteiger partial charge is 1.00 e. The van der Waals surface area contributed by atoms with Crippen molar-refractivity contribution >= 4 is 40.3 Å². The van der Waals surface area contributed by atoms with E-state index in [-0.39, 0.29) is 17.0 Å². The number of quaternary nitrogens is 1. The number of ether oxygens (including phenoxy) is 1. The highest BCUT2D eigenvalue weighted by molar-refractivity contribution is 7.99. The molecule has 3 N–H and O–H groups in total. The van der Waals surface area contributed by atoms with E-state index in [0.29, 0.717) is 5.75 Å². The predicted octanol–water partition coefficient (Wildman–Crippen LogP) is -1.17. The number of fused-ring (bicyclic) bond motifs is 2. The van der Waals surface area contributed by atoms with Crippen LogP contribution in [0.1, 0.15) is 18.5 Å². The molecule has 2 aromatic carbocycles. The molecule has 0 spiro atoms. The fraction of sp³-hybridized carbons (Fsp3) is 0.280. The maximum Gasteiger partial charge on any atom is 0.218 e. The number of anilines is 1. The molecule has 6 nitrogen and oxygen atoms in total. The van der Waals surface area contributed by atoms with E-state index in [2.05, 4.69) is 63.9 Å². The van der Waals surface area contributed by atoms with Gasteiger partial charge in [-0.3, -0.25) is 0 Å². The summed E-state index contributed by atoms with van der Waals surface area (Å²) in [5, 5.41) is 13.1. The molecule has 33 heavy (non-hydrogen) atoms. The molecule has 1 atom stereocenters. The number of aryl methyl sites for hydroxylation is 1. The average Bonchev–Trinajstić information content (AvgIpc) is 3.12. The molecule has 0 radical (unpaired) electrons. The lowest BCUT2D eigenvalue weighted by atomic mass is 10.1. The van der Waals surface area contributed by atoms with Crippen LogP contribution in [0.15, 0.2) is 66.7 Å². The number of para-hydroxylation sites is 2. The lowest BCUT2D eigenvalue weighted by Crippen LogP contribution is -3.00. The van der Waals surface area contributed by atoms with Crippen molar-refractivity contribution in [2.75, 3.05) is 23.5 Å². The van der Waals surface area contributed by atoms with Gasteiger partial charge in [0.05, 0.1) is 28.9 Å². The van der Waals surface area contributed by atoms with E-state index in [0.717, 1.165) is 48.2 Å². The van der Waals surface area contributed by atoms with Gasteiger partial charge in [-0.05, 0) is 35.8 Å². The first-order valence-corrected chi connectivity index (χ1v) is 12.0. The van der Waals surface area contributed by atoms with Gasteiger partial charge in [0.1, 0.15) is 12.6 Å². The SMILES string of the molecule is CN1C(=Cc2c3ccccc3cc[n+]2CCCCSCC([NH3+])C(=O)[O-])Oc2ccccc21.[Br-]. The normalized spacial score (nSPS) is 14.6. The quantitative estimate of drug-likeness (QED) is 0.279. The summed E-state index contributed by atoms with van der Waals surface area (Å²) in [4.78, 5) is 12.9. The Morgan fingerprint density at radius 1 is 1.18 bits per heavy atom. The highest BCUT2D eigenvalue weighted by Gasteiger charge is 2.25. The van der Waals surface area contributed by atoms with Crippen LogP contribution in [-0.2, 0) is 11.3 Å². The fourth-order valence-electron chi connectivity index (χ4n) is 3.78. The molecule has 1 aromatic heterocycles. The highest BCUT2D eigenvalue weighted by atomic mass is 79.9. The first-order valence-electron chi connectivity index (χ1n) is 10.8. The first-order chi connectivity index (χ1) is 15.5. The summed E-state index contributed by atoms with van der Waals surface area (Å²) in [6.07, 6.45) is 6.24. The topological polar surface area (TPSA) is 84.1 Å². The number of aliphatic carboxylic acids is 1. The van der Waals surface area contributed by atoms with Crippen molar-refractivity contribution in [2.24, 2.45) is 0 Å². The van der Waals surface area contributed by atoms with Gasteiger partial charge in [-0.15, -0.1) is 0 Å². The number of benzene rings is 2. The zero-order valence-corrected chi connectivity index (χ0v) is 21.0. The Balaban J connectivity index is 0.00000306. The van der Waals surface area contributed by atoms with E-state index in [9.17, 15) is 9.90 Å². The third-order valence-electron chi connectivity index (χ3n) is 5.60. The second-order valence-electron chi connectivity index (χ2n) is 7.89. The number of halogens is 1. The van der Waals surface area contributed by atoms with Gasteiger partial charge in [-0.25, -0.2) is 0 Å². The number of nitrogens with zero attached hydrogens (tertiary/aromatic N) is 2. The zero-order valence-electron chi connectivity index (χ0n) is 18.6. The minimum atomic E-state index is -1.08. The Bertz CT molecular complexity index is 1150. The van der Waals surface area contributed by atoms with E-state index in [1.807, 2.05) is 25.2 Å². The molecular formula is C25H28BrN3O3S. The van der Waals surface area contributed by atoms with Gasteiger partial charge in [-0.2, -0.15) is 16.3 Å². The maximum absolute atomic E-state index is 10.8. The van der Waals surface area contributed by atoms with E-state index < -0.39 is 12.0 Å². The van der Waals surface area contributed by atoms with Crippen LogP contribution in [0.3, 0.4) is 0 Å². The van der Waals surface area contributed by atoms with Crippen molar-refractivity contribution in [3.05, 3.63) is 72.4 Å². The Kier molecular flexibility index (Phi) is 8.77. The van der Waals surface area contributed by atoms with Gasteiger partial charge in [0.2, 0.25) is 11.6 Å². The van der Waals surface area contributed by atoms with Crippen LogP contribution in [0.4, 0.5) is 5.69 Å². The number of carbonyl (C=O) groups is 1. The van der Waals surface area contributed by atoms with Gasteiger partial charge < -0.3 is 42.3 Å². The summed E-state index contributed by atoms with van der Waals surface area (Å²) in [7, 11) is 2.02. The van der Waals surface area contributed by atoms with Crippen molar-refractivity contribution in [1.29, 1.82) is 0 Å². The fourth-order valence-corrected chi connectivity index (χ4v) is 4.78. The van der Waals surface area contributed by atoms with Gasteiger partial charge in [0.15, 0.2) is 11.9 Å². The molecule has 1 unspecified atom stereocenters. The zero-order chi connectivity index (χ0) is 22.5. The number of carboxylic acid groups (broad SMARTS) is 1. The molecule has 0 saturated carbocycles. The van der Waals surface area contributed by atoms with Crippen LogP contribution in [0.25, 0.3) is 16.8 Å². The van der Waals surface area contributed by atoms with E-state index in [4.69, 9.17) is 4.74 Å². The molecule has 0 aliphatic carbocycles. The summed E-state index contributed by atoms with van der Waals surface area (Å²) < 4.78 is 8.41. The van der Waals surface area contributed by atoms with Gasteiger partial charge in [-0.1, -0.05) is 30.3 Å². The van der Waals surface area contributed by atoms with Crippen LogP contribution in [-0.4, -0.2) is 30.6 Å². The van der Waals surface area contributed by atoms with Gasteiger partial charge in [0.25, 0.3) is 0 Å². The van der Waals surface area contributed by atoms with Crippen molar-refractivity contribution in [3.8, 4) is 5.75 Å². The summed E-state index contributed by atoms with van der Waals surface area (Å²) in [6.45, 7) is 0.870. The van der Waals surface area contributed by atoms with Crippen LogP contribution in [0, 0.1) is 0 Å². The molecule has 0 fully saturated rings. The molecule has 8 heteroatoms. The number of hydrogen-bond acceptors (Lipinski definition) is 5. The van der Waals surface area contributed by atoms with Gasteiger partial charge >= 0.3 is 0 Å². The molecule has 0 saturated heterocycles. The van der Waals surface area contributed by atoms with E-state index in [1.165, 1.54) is 10.8 Å². The standard InChI is InChI=1S/C25H27N3O3S.BrH/c1-27-21-10-4-5-11-23(21)31-24(27)16-22-19-9-3-2-8-18(19)12-14-28(22)13-6-7-15-32-17-20(26)25(29)30;/h2-5,8-12,14,16,20H,6-7,13,15,17,26H2,1H3;1H. The Hall–Kier alpha value is -2.55. The van der Waals surface area contributed by atoms with Crippen LogP contribution >= 0.6 is 11.8 Å². The Labute approximate surface area is 208 Å². The second kappa shape index (κ2) is 11.5. The lowest BCUT2D eigenvalue weighted by Gasteiger charge is -2.11. The van der Waals surface area contributed by atoms with Crippen molar-refractivity contribution < 1.29 is 41.9 Å².